The Morgan fingerprint density at radius 1 is 1.09 bits per heavy atom. The predicted octanol–water partition coefficient (Wildman–Crippen LogP) is 2.46. The fourth-order valence-corrected chi connectivity index (χ4v) is 3.13. The van der Waals surface area contributed by atoms with E-state index in [9.17, 15) is 17.6 Å². The summed E-state index contributed by atoms with van der Waals surface area (Å²) in [6.45, 7) is -0.413. The molecule has 0 aromatic heterocycles. The number of hydrogen-bond acceptors (Lipinski definition) is 4. The summed E-state index contributed by atoms with van der Waals surface area (Å²) in [7, 11) is -3.86. The van der Waals surface area contributed by atoms with Crippen LogP contribution in [-0.4, -0.2) is 27.1 Å². The lowest BCUT2D eigenvalue weighted by molar-refractivity contribution is -0.115. The van der Waals surface area contributed by atoms with Gasteiger partial charge in [0.15, 0.2) is 0 Å². The van der Waals surface area contributed by atoms with Crippen molar-refractivity contribution in [2.45, 2.75) is 9.79 Å². The number of halogens is 1. The Hall–Kier alpha value is -1.90. The second-order valence-corrected chi connectivity index (χ2v) is 7.20. The van der Waals surface area contributed by atoms with Crippen LogP contribution in [0.25, 0.3) is 0 Å². The Morgan fingerprint density at radius 2 is 1.70 bits per heavy atom. The molecule has 0 bridgehead atoms. The summed E-state index contributed by atoms with van der Waals surface area (Å²) in [5.41, 5.74) is 0.578. The van der Waals surface area contributed by atoms with E-state index in [0.29, 0.717) is 5.69 Å². The maximum Gasteiger partial charge on any atom is 0.241 e. The lowest BCUT2D eigenvalue weighted by Crippen LogP contribution is -2.32. The van der Waals surface area contributed by atoms with Crippen molar-refractivity contribution < 1.29 is 17.6 Å². The van der Waals surface area contributed by atoms with E-state index >= 15 is 0 Å². The third-order valence-corrected chi connectivity index (χ3v) is 5.08. The number of rotatable bonds is 6. The Labute approximate surface area is 138 Å². The van der Waals surface area contributed by atoms with Crippen LogP contribution in [0.15, 0.2) is 58.3 Å². The predicted molar refractivity (Wildman–Crippen MR) is 88.4 cm³/mol. The van der Waals surface area contributed by atoms with E-state index in [-0.39, 0.29) is 4.90 Å². The van der Waals surface area contributed by atoms with Gasteiger partial charge >= 0.3 is 0 Å². The zero-order valence-electron chi connectivity index (χ0n) is 12.2. The van der Waals surface area contributed by atoms with Crippen LogP contribution >= 0.6 is 11.8 Å². The van der Waals surface area contributed by atoms with Crippen LogP contribution in [0, 0.1) is 5.82 Å². The fraction of sp³-hybridized carbons (Fsp3) is 0.133. The molecule has 23 heavy (non-hydrogen) atoms. The standard InChI is InChI=1S/C15H15FN2O3S2/c1-22-13-6-4-12(5-7-13)18-15(19)10-17-23(20,21)14-8-2-11(16)3-9-14/h2-9,17H,10H2,1H3,(H,18,19). The summed E-state index contributed by atoms with van der Waals surface area (Å²) in [4.78, 5) is 12.8. The second-order valence-electron chi connectivity index (χ2n) is 4.56. The van der Waals surface area contributed by atoms with Crippen molar-refractivity contribution in [2.75, 3.05) is 18.1 Å². The molecule has 0 fully saturated rings. The first-order chi connectivity index (χ1) is 10.9. The molecule has 0 radical (unpaired) electrons. The van der Waals surface area contributed by atoms with Crippen molar-refractivity contribution >= 4 is 33.4 Å². The number of nitrogens with one attached hydrogen (secondary N) is 2. The van der Waals surface area contributed by atoms with Gasteiger partial charge in [-0.1, -0.05) is 0 Å². The second kappa shape index (κ2) is 7.58. The lowest BCUT2D eigenvalue weighted by Gasteiger charge is -2.08. The molecule has 0 atom stereocenters. The molecular weight excluding hydrogens is 339 g/mol. The van der Waals surface area contributed by atoms with Crippen molar-refractivity contribution in [1.82, 2.24) is 4.72 Å². The van der Waals surface area contributed by atoms with Gasteiger partial charge in [0.25, 0.3) is 0 Å². The van der Waals surface area contributed by atoms with Gasteiger partial charge in [0.05, 0.1) is 11.4 Å². The summed E-state index contributed by atoms with van der Waals surface area (Å²) in [5, 5.41) is 2.59. The molecule has 0 aliphatic rings. The Kier molecular flexibility index (Phi) is 5.75. The molecule has 8 heteroatoms. The maximum absolute atomic E-state index is 12.8. The zero-order chi connectivity index (χ0) is 16.9. The van der Waals surface area contributed by atoms with Crippen molar-refractivity contribution in [2.24, 2.45) is 0 Å². The van der Waals surface area contributed by atoms with Gasteiger partial charge < -0.3 is 5.32 Å². The van der Waals surface area contributed by atoms with Crippen LogP contribution < -0.4 is 10.0 Å². The van der Waals surface area contributed by atoms with Gasteiger partial charge in [-0.15, -0.1) is 11.8 Å². The Morgan fingerprint density at radius 3 is 2.26 bits per heavy atom. The van der Waals surface area contributed by atoms with Crippen molar-refractivity contribution in [3.05, 3.63) is 54.3 Å². The van der Waals surface area contributed by atoms with E-state index < -0.39 is 28.3 Å². The molecule has 122 valence electrons. The fourth-order valence-electron chi connectivity index (χ4n) is 1.74. The molecule has 2 rings (SSSR count). The van der Waals surface area contributed by atoms with Gasteiger partial charge in [-0.05, 0) is 54.8 Å². The first kappa shape index (κ1) is 17.5. The average Bonchev–Trinajstić information content (AvgIpc) is 2.54. The van der Waals surface area contributed by atoms with Crippen LogP contribution in [0.2, 0.25) is 0 Å². The van der Waals surface area contributed by atoms with Crippen LogP contribution in [0.1, 0.15) is 0 Å². The van der Waals surface area contributed by atoms with Gasteiger partial charge in [-0.25, -0.2) is 17.5 Å². The summed E-state index contributed by atoms with van der Waals surface area (Å²) < 4.78 is 38.9. The molecule has 0 heterocycles. The normalized spacial score (nSPS) is 11.2. The largest absolute Gasteiger partial charge is 0.325 e. The van der Waals surface area contributed by atoms with Crippen molar-refractivity contribution in [3.63, 3.8) is 0 Å². The Bertz CT molecular complexity index is 775. The number of anilines is 1. The van der Waals surface area contributed by atoms with E-state index in [1.54, 1.807) is 23.9 Å². The van der Waals surface area contributed by atoms with Gasteiger partial charge in [-0.3, -0.25) is 4.79 Å². The molecule has 0 unspecified atom stereocenters. The number of hydrogen-bond donors (Lipinski definition) is 2. The van der Waals surface area contributed by atoms with Crippen LogP contribution in [-0.2, 0) is 14.8 Å². The molecular formula is C15H15FN2O3S2. The molecule has 1 amide bonds. The molecule has 0 saturated heterocycles. The molecule has 0 aliphatic heterocycles. The SMILES string of the molecule is CSc1ccc(NC(=O)CNS(=O)(=O)c2ccc(F)cc2)cc1. The minimum Gasteiger partial charge on any atom is -0.325 e. The smallest absolute Gasteiger partial charge is 0.241 e. The van der Waals surface area contributed by atoms with E-state index in [0.717, 1.165) is 29.2 Å². The minimum atomic E-state index is -3.86. The third kappa shape index (κ3) is 5.05. The Balaban J connectivity index is 1.93. The quantitative estimate of drug-likeness (QED) is 0.782. The van der Waals surface area contributed by atoms with Gasteiger partial charge in [-0.2, -0.15) is 0 Å². The van der Waals surface area contributed by atoms with E-state index in [2.05, 4.69) is 10.0 Å². The molecule has 2 aromatic carbocycles. The van der Waals surface area contributed by atoms with Crippen LogP contribution in [0.3, 0.4) is 0 Å². The highest BCUT2D eigenvalue weighted by molar-refractivity contribution is 7.98. The third-order valence-electron chi connectivity index (χ3n) is 2.92. The van der Waals surface area contributed by atoms with E-state index in [4.69, 9.17) is 0 Å². The number of amides is 1. The summed E-state index contributed by atoms with van der Waals surface area (Å²) in [6.07, 6.45) is 1.94. The molecule has 2 N–H and O–H groups in total. The number of carbonyl (C=O) groups is 1. The monoisotopic (exact) mass is 354 g/mol. The van der Waals surface area contributed by atoms with Crippen LogP contribution in [0.5, 0.6) is 0 Å². The maximum atomic E-state index is 12.8. The first-order valence-electron chi connectivity index (χ1n) is 6.60. The molecule has 2 aromatic rings. The zero-order valence-corrected chi connectivity index (χ0v) is 13.9. The van der Waals surface area contributed by atoms with E-state index in [1.807, 2.05) is 18.4 Å². The molecule has 0 saturated carbocycles. The average molecular weight is 354 g/mol. The highest BCUT2D eigenvalue weighted by Gasteiger charge is 2.15. The highest BCUT2D eigenvalue weighted by Crippen LogP contribution is 2.17. The number of carbonyl (C=O) groups excluding carboxylic acids is 1. The minimum absolute atomic E-state index is 0.101. The number of benzene rings is 2. The first-order valence-corrected chi connectivity index (χ1v) is 9.30. The van der Waals surface area contributed by atoms with Gasteiger partial charge in [0, 0.05) is 10.6 Å². The highest BCUT2D eigenvalue weighted by atomic mass is 32.2. The molecule has 5 nitrogen and oxygen atoms in total. The number of thioether (sulfide) groups is 1. The number of sulfonamides is 1. The summed E-state index contributed by atoms with van der Waals surface area (Å²) in [6, 6.07) is 11.5. The van der Waals surface area contributed by atoms with E-state index in [1.165, 1.54) is 0 Å². The summed E-state index contributed by atoms with van der Waals surface area (Å²) in [5.74, 6) is -1.03. The molecule has 0 spiro atoms. The van der Waals surface area contributed by atoms with Crippen molar-refractivity contribution in [1.29, 1.82) is 0 Å². The lowest BCUT2D eigenvalue weighted by atomic mass is 10.3. The van der Waals surface area contributed by atoms with Crippen LogP contribution in [0.4, 0.5) is 10.1 Å². The van der Waals surface area contributed by atoms with Gasteiger partial charge in [0.2, 0.25) is 15.9 Å². The summed E-state index contributed by atoms with van der Waals surface area (Å²) >= 11 is 1.58. The molecule has 0 aliphatic carbocycles. The topological polar surface area (TPSA) is 75.3 Å². The van der Waals surface area contributed by atoms with Crippen molar-refractivity contribution in [3.8, 4) is 0 Å². The van der Waals surface area contributed by atoms with Gasteiger partial charge in [0.1, 0.15) is 5.82 Å².